The highest BCUT2D eigenvalue weighted by Gasteiger charge is 2.17. The molecule has 25 heavy (non-hydrogen) atoms. The van der Waals surface area contributed by atoms with Crippen LogP contribution in [0.25, 0.3) is 0 Å². The third-order valence-corrected chi connectivity index (χ3v) is 5.79. The zero-order valence-corrected chi connectivity index (χ0v) is 14.8. The van der Waals surface area contributed by atoms with Crippen LogP contribution in [0, 0.1) is 0 Å². The van der Waals surface area contributed by atoms with E-state index in [0.717, 1.165) is 31.2 Å². The molecule has 0 saturated carbocycles. The van der Waals surface area contributed by atoms with Crippen molar-refractivity contribution in [3.63, 3.8) is 0 Å². The van der Waals surface area contributed by atoms with E-state index in [1.165, 1.54) is 5.56 Å². The number of hydrogen-bond donors (Lipinski definition) is 2. The molecule has 6 heteroatoms. The predicted molar refractivity (Wildman–Crippen MR) is 98.0 cm³/mol. The maximum atomic E-state index is 12.4. The minimum atomic E-state index is -3.59. The van der Waals surface area contributed by atoms with E-state index in [2.05, 4.69) is 10.0 Å². The molecule has 0 radical (unpaired) electrons. The first-order valence-corrected chi connectivity index (χ1v) is 9.99. The lowest BCUT2D eigenvalue weighted by Gasteiger charge is -2.16. The fourth-order valence-electron chi connectivity index (χ4n) is 3.00. The van der Waals surface area contributed by atoms with Crippen molar-refractivity contribution in [3.05, 3.63) is 59.7 Å². The minimum Gasteiger partial charge on any atom is -0.326 e. The summed E-state index contributed by atoms with van der Waals surface area (Å²) >= 11 is 0. The Morgan fingerprint density at radius 1 is 0.960 bits per heavy atom. The highest BCUT2D eigenvalue weighted by Crippen LogP contribution is 2.24. The van der Waals surface area contributed by atoms with Gasteiger partial charge in [-0.2, -0.15) is 0 Å². The zero-order valence-electron chi connectivity index (χ0n) is 14.0. The molecule has 0 aliphatic heterocycles. The van der Waals surface area contributed by atoms with Gasteiger partial charge in [-0.3, -0.25) is 4.79 Å². The van der Waals surface area contributed by atoms with E-state index in [9.17, 15) is 13.2 Å². The van der Waals surface area contributed by atoms with E-state index < -0.39 is 10.0 Å². The molecule has 0 atom stereocenters. The number of amides is 1. The Balaban J connectivity index is 1.56. The van der Waals surface area contributed by atoms with E-state index in [-0.39, 0.29) is 23.8 Å². The summed E-state index contributed by atoms with van der Waals surface area (Å²) in [4.78, 5) is 12.2. The van der Waals surface area contributed by atoms with Crippen molar-refractivity contribution in [3.8, 4) is 0 Å². The van der Waals surface area contributed by atoms with Crippen LogP contribution in [-0.2, 0) is 27.7 Å². The average molecular weight is 358 g/mol. The molecule has 0 aromatic heterocycles. The van der Waals surface area contributed by atoms with Gasteiger partial charge in [0.2, 0.25) is 15.9 Å². The van der Waals surface area contributed by atoms with Crippen LogP contribution in [-0.4, -0.2) is 20.9 Å². The maximum absolute atomic E-state index is 12.4. The Bertz CT molecular complexity index is 848. The maximum Gasteiger partial charge on any atom is 0.240 e. The summed E-state index contributed by atoms with van der Waals surface area (Å²) in [6.07, 6.45) is 4.29. The van der Waals surface area contributed by atoms with Crippen LogP contribution in [0.2, 0.25) is 0 Å². The fourth-order valence-corrected chi connectivity index (χ4v) is 4.09. The van der Waals surface area contributed by atoms with Crippen LogP contribution in [0.1, 0.15) is 30.4 Å². The first-order valence-electron chi connectivity index (χ1n) is 8.51. The number of hydrogen-bond acceptors (Lipinski definition) is 3. The van der Waals surface area contributed by atoms with Crippen LogP contribution in [0.15, 0.2) is 53.4 Å². The van der Waals surface area contributed by atoms with Crippen LogP contribution in [0.3, 0.4) is 0 Å². The second kappa shape index (κ2) is 7.80. The lowest BCUT2D eigenvalue weighted by atomic mass is 9.92. The number of carbonyl (C=O) groups excluding carboxylic acids is 1. The van der Waals surface area contributed by atoms with Crippen LogP contribution >= 0.6 is 0 Å². The van der Waals surface area contributed by atoms with Crippen molar-refractivity contribution in [2.24, 2.45) is 0 Å². The summed E-state index contributed by atoms with van der Waals surface area (Å²) in [5.41, 5.74) is 3.06. The molecular formula is C19H22N2O3S. The van der Waals surface area contributed by atoms with Gasteiger partial charge in [0.1, 0.15) is 0 Å². The lowest BCUT2D eigenvalue weighted by molar-refractivity contribution is -0.116. The van der Waals surface area contributed by atoms with Gasteiger partial charge in [-0.15, -0.1) is 0 Å². The third kappa shape index (κ3) is 4.67. The van der Waals surface area contributed by atoms with Crippen molar-refractivity contribution in [2.75, 3.05) is 11.9 Å². The van der Waals surface area contributed by atoms with Crippen LogP contribution in [0.5, 0.6) is 0 Å². The van der Waals surface area contributed by atoms with Gasteiger partial charge in [0.15, 0.2) is 0 Å². The highest BCUT2D eigenvalue weighted by atomic mass is 32.2. The number of benzene rings is 2. The van der Waals surface area contributed by atoms with Gasteiger partial charge >= 0.3 is 0 Å². The predicted octanol–water partition coefficient (Wildman–Crippen LogP) is 2.87. The SMILES string of the molecule is O=C(CCNS(=O)(=O)c1ccc2c(c1)CCCC2)Nc1ccccc1. The molecule has 0 unspecified atom stereocenters. The van der Waals surface area contributed by atoms with E-state index in [1.807, 2.05) is 24.3 Å². The Morgan fingerprint density at radius 3 is 2.44 bits per heavy atom. The van der Waals surface area contributed by atoms with Gasteiger partial charge in [0, 0.05) is 18.7 Å². The summed E-state index contributed by atoms with van der Waals surface area (Å²) in [7, 11) is -3.59. The molecule has 132 valence electrons. The molecule has 0 spiro atoms. The summed E-state index contributed by atoms with van der Waals surface area (Å²) < 4.78 is 27.3. The number of anilines is 1. The molecule has 5 nitrogen and oxygen atoms in total. The highest BCUT2D eigenvalue weighted by molar-refractivity contribution is 7.89. The van der Waals surface area contributed by atoms with Crippen LogP contribution < -0.4 is 10.0 Å². The molecule has 2 aromatic carbocycles. The Hall–Kier alpha value is -2.18. The summed E-state index contributed by atoms with van der Waals surface area (Å²) in [6.45, 7) is 0.0675. The zero-order chi connectivity index (χ0) is 17.7. The van der Waals surface area contributed by atoms with E-state index in [0.29, 0.717) is 5.69 Å². The van der Waals surface area contributed by atoms with Crippen molar-refractivity contribution < 1.29 is 13.2 Å². The van der Waals surface area contributed by atoms with Gasteiger partial charge in [-0.1, -0.05) is 24.3 Å². The molecule has 0 saturated heterocycles. The second-order valence-electron chi connectivity index (χ2n) is 6.20. The second-order valence-corrected chi connectivity index (χ2v) is 7.97. The molecule has 3 rings (SSSR count). The topological polar surface area (TPSA) is 75.3 Å². The number of nitrogens with one attached hydrogen (secondary N) is 2. The fraction of sp³-hybridized carbons (Fsp3) is 0.316. The quantitative estimate of drug-likeness (QED) is 0.834. The third-order valence-electron chi connectivity index (χ3n) is 4.33. The molecular weight excluding hydrogens is 336 g/mol. The molecule has 0 fully saturated rings. The smallest absolute Gasteiger partial charge is 0.240 e. The molecule has 1 aliphatic carbocycles. The molecule has 1 amide bonds. The van der Waals surface area contributed by atoms with Crippen molar-refractivity contribution in [1.29, 1.82) is 0 Å². The summed E-state index contributed by atoms with van der Waals surface area (Å²) in [5.74, 6) is -0.223. The monoisotopic (exact) mass is 358 g/mol. The van der Waals surface area contributed by atoms with Crippen molar-refractivity contribution in [1.82, 2.24) is 4.72 Å². The number of rotatable bonds is 6. The first kappa shape index (κ1) is 17.6. The summed E-state index contributed by atoms with van der Waals surface area (Å²) in [5, 5.41) is 2.74. The summed E-state index contributed by atoms with van der Waals surface area (Å²) in [6, 6.07) is 14.4. The van der Waals surface area contributed by atoms with Gasteiger partial charge in [-0.05, 0) is 61.1 Å². The number of para-hydroxylation sites is 1. The number of aryl methyl sites for hydroxylation is 2. The molecule has 2 aromatic rings. The lowest BCUT2D eigenvalue weighted by Crippen LogP contribution is -2.28. The molecule has 2 N–H and O–H groups in total. The standard InChI is InChI=1S/C19H22N2O3S/c22-19(21-17-8-2-1-3-9-17)12-13-20-25(23,24)18-11-10-15-6-4-5-7-16(15)14-18/h1-3,8-11,14,20H,4-7,12-13H2,(H,21,22). The first-order chi connectivity index (χ1) is 12.0. The van der Waals surface area contributed by atoms with E-state index in [1.54, 1.807) is 24.3 Å². The molecule has 0 bridgehead atoms. The Labute approximate surface area is 148 Å². The van der Waals surface area contributed by atoms with Gasteiger partial charge < -0.3 is 5.32 Å². The Morgan fingerprint density at radius 2 is 1.68 bits per heavy atom. The van der Waals surface area contributed by atoms with E-state index in [4.69, 9.17) is 0 Å². The van der Waals surface area contributed by atoms with E-state index >= 15 is 0 Å². The number of carbonyl (C=O) groups is 1. The normalized spacial score (nSPS) is 13.9. The largest absolute Gasteiger partial charge is 0.326 e. The van der Waals surface area contributed by atoms with Crippen molar-refractivity contribution >= 4 is 21.6 Å². The number of fused-ring (bicyclic) bond motifs is 1. The Kier molecular flexibility index (Phi) is 5.50. The van der Waals surface area contributed by atoms with Gasteiger partial charge in [0.05, 0.1) is 4.90 Å². The van der Waals surface area contributed by atoms with Crippen LogP contribution in [0.4, 0.5) is 5.69 Å². The van der Waals surface area contributed by atoms with Crippen molar-refractivity contribution in [2.45, 2.75) is 37.0 Å². The minimum absolute atomic E-state index is 0.0675. The number of sulfonamides is 1. The molecule has 0 heterocycles. The van der Waals surface area contributed by atoms with Gasteiger partial charge in [0.25, 0.3) is 0 Å². The average Bonchev–Trinajstić information content (AvgIpc) is 2.62. The molecule has 1 aliphatic rings. The van der Waals surface area contributed by atoms with Gasteiger partial charge in [-0.25, -0.2) is 13.1 Å².